The van der Waals surface area contributed by atoms with Crippen LogP contribution in [0.25, 0.3) is 11.1 Å². The fourth-order valence-corrected chi connectivity index (χ4v) is 3.00. The minimum Gasteiger partial charge on any atom is -0.478 e. The van der Waals surface area contributed by atoms with Crippen LogP contribution in [-0.4, -0.2) is 16.8 Å². The van der Waals surface area contributed by atoms with E-state index in [0.717, 1.165) is 28.0 Å². The minimum absolute atomic E-state index is 0.196. The van der Waals surface area contributed by atoms with E-state index >= 15 is 0 Å². The van der Waals surface area contributed by atoms with Crippen molar-refractivity contribution in [3.63, 3.8) is 0 Å². The van der Waals surface area contributed by atoms with Crippen LogP contribution in [0.5, 0.6) is 0 Å². The summed E-state index contributed by atoms with van der Waals surface area (Å²) in [5.41, 5.74) is 8.77. The molecule has 116 valence electrons. The van der Waals surface area contributed by atoms with E-state index in [1.165, 1.54) is 0 Å². The van der Waals surface area contributed by atoms with Crippen molar-refractivity contribution in [3.8, 4) is 11.1 Å². The highest BCUT2D eigenvalue weighted by molar-refractivity contribution is 6.24. The Morgan fingerprint density at radius 3 is 1.83 bits per heavy atom. The molecular formula is C20H14N2O2. The molecule has 24 heavy (non-hydrogen) atoms. The zero-order chi connectivity index (χ0) is 16.5. The van der Waals surface area contributed by atoms with Gasteiger partial charge >= 0.3 is 5.97 Å². The summed E-state index contributed by atoms with van der Waals surface area (Å²) < 4.78 is 0. The van der Waals surface area contributed by atoms with Gasteiger partial charge in [-0.25, -0.2) is 4.79 Å². The Balaban J connectivity index is 1.80. The lowest BCUT2D eigenvalue weighted by molar-refractivity contribution is 0.0698. The van der Waals surface area contributed by atoms with Crippen LogP contribution in [0.4, 0.5) is 5.69 Å². The van der Waals surface area contributed by atoms with Gasteiger partial charge in [0.2, 0.25) is 0 Å². The standard InChI is InChI=1S/C20H14N2O2/c23-20(24)17-11-5-6-12-18(17)21-22-19-15-9-3-1-7-13(15)14-8-2-4-10-16(14)19/h1-12,21H,(H,23,24). The predicted molar refractivity (Wildman–Crippen MR) is 94.5 cm³/mol. The van der Waals surface area contributed by atoms with Crippen molar-refractivity contribution in [2.45, 2.75) is 0 Å². The third kappa shape index (κ3) is 2.25. The number of hydrogen-bond acceptors (Lipinski definition) is 3. The van der Waals surface area contributed by atoms with Crippen molar-refractivity contribution in [1.82, 2.24) is 0 Å². The van der Waals surface area contributed by atoms with Crippen LogP contribution in [0.1, 0.15) is 21.5 Å². The molecule has 0 unspecified atom stereocenters. The largest absolute Gasteiger partial charge is 0.478 e. The summed E-state index contributed by atoms with van der Waals surface area (Å²) in [5, 5.41) is 13.8. The van der Waals surface area contributed by atoms with Gasteiger partial charge in [-0.15, -0.1) is 0 Å². The summed E-state index contributed by atoms with van der Waals surface area (Å²) in [7, 11) is 0. The van der Waals surface area contributed by atoms with Gasteiger partial charge in [-0.05, 0) is 23.3 Å². The normalized spacial score (nSPS) is 11.6. The van der Waals surface area contributed by atoms with Gasteiger partial charge in [0.1, 0.15) is 0 Å². The summed E-state index contributed by atoms with van der Waals surface area (Å²) in [6, 6.07) is 22.9. The summed E-state index contributed by atoms with van der Waals surface area (Å²) in [5.74, 6) is -0.981. The quantitative estimate of drug-likeness (QED) is 0.556. The fraction of sp³-hybridized carbons (Fsp3) is 0. The van der Waals surface area contributed by atoms with E-state index in [1.807, 2.05) is 36.4 Å². The Morgan fingerprint density at radius 1 is 0.750 bits per heavy atom. The summed E-state index contributed by atoms with van der Waals surface area (Å²) in [6.07, 6.45) is 0. The molecule has 0 radical (unpaired) electrons. The fourth-order valence-electron chi connectivity index (χ4n) is 3.00. The lowest BCUT2D eigenvalue weighted by Crippen LogP contribution is -2.06. The number of hydrogen-bond donors (Lipinski definition) is 2. The van der Waals surface area contributed by atoms with Gasteiger partial charge in [0, 0.05) is 11.1 Å². The second-order valence-corrected chi connectivity index (χ2v) is 5.51. The van der Waals surface area contributed by atoms with Crippen molar-refractivity contribution in [3.05, 3.63) is 89.5 Å². The maximum atomic E-state index is 11.3. The third-order valence-electron chi connectivity index (χ3n) is 4.10. The molecule has 0 saturated carbocycles. The van der Waals surface area contributed by atoms with E-state index in [1.54, 1.807) is 24.3 Å². The summed E-state index contributed by atoms with van der Waals surface area (Å²) in [6.45, 7) is 0. The zero-order valence-electron chi connectivity index (χ0n) is 12.7. The maximum absolute atomic E-state index is 11.3. The van der Waals surface area contributed by atoms with E-state index in [2.05, 4.69) is 22.7 Å². The first-order valence-electron chi connectivity index (χ1n) is 7.61. The molecule has 0 saturated heterocycles. The number of aromatic carboxylic acids is 1. The lowest BCUT2D eigenvalue weighted by Gasteiger charge is -2.07. The number of carbonyl (C=O) groups is 1. The number of nitrogens with zero attached hydrogens (tertiary/aromatic N) is 1. The van der Waals surface area contributed by atoms with Crippen molar-refractivity contribution in [2.24, 2.45) is 5.10 Å². The number of para-hydroxylation sites is 1. The first-order chi connectivity index (χ1) is 11.8. The molecule has 0 heterocycles. The maximum Gasteiger partial charge on any atom is 0.337 e. The highest BCUT2D eigenvalue weighted by Gasteiger charge is 2.24. The van der Waals surface area contributed by atoms with Gasteiger partial charge < -0.3 is 5.11 Å². The Labute approximate surface area is 139 Å². The number of nitrogens with one attached hydrogen (secondary N) is 1. The molecule has 1 aliphatic carbocycles. The Bertz CT molecular complexity index is 929. The summed E-state index contributed by atoms with van der Waals surface area (Å²) in [4.78, 5) is 11.3. The van der Waals surface area contributed by atoms with E-state index in [0.29, 0.717) is 5.69 Å². The van der Waals surface area contributed by atoms with Crippen LogP contribution in [0.15, 0.2) is 77.9 Å². The number of hydrazone groups is 1. The molecule has 4 rings (SSSR count). The van der Waals surface area contributed by atoms with Gasteiger partial charge in [-0.2, -0.15) is 5.10 Å². The topological polar surface area (TPSA) is 61.7 Å². The van der Waals surface area contributed by atoms with Gasteiger partial charge in [0.25, 0.3) is 0 Å². The molecule has 3 aromatic rings. The summed E-state index contributed by atoms with van der Waals surface area (Å²) >= 11 is 0. The van der Waals surface area contributed by atoms with E-state index < -0.39 is 5.97 Å². The molecule has 0 fully saturated rings. The molecule has 0 aromatic heterocycles. The predicted octanol–water partition coefficient (Wildman–Crippen LogP) is 4.23. The highest BCUT2D eigenvalue weighted by atomic mass is 16.4. The first kappa shape index (κ1) is 14.2. The molecule has 0 amide bonds. The van der Waals surface area contributed by atoms with E-state index in [-0.39, 0.29) is 5.56 Å². The molecule has 0 bridgehead atoms. The first-order valence-corrected chi connectivity index (χ1v) is 7.61. The number of rotatable bonds is 3. The number of benzene rings is 3. The van der Waals surface area contributed by atoms with Gasteiger partial charge in [-0.3, -0.25) is 5.43 Å². The van der Waals surface area contributed by atoms with Crippen LogP contribution in [0.2, 0.25) is 0 Å². The zero-order valence-corrected chi connectivity index (χ0v) is 12.7. The van der Waals surface area contributed by atoms with Crippen LogP contribution in [-0.2, 0) is 0 Å². The number of anilines is 1. The van der Waals surface area contributed by atoms with E-state index in [4.69, 9.17) is 0 Å². The lowest BCUT2D eigenvalue weighted by atomic mass is 10.1. The minimum atomic E-state index is -0.981. The molecule has 3 aromatic carbocycles. The Kier molecular flexibility index (Phi) is 3.35. The van der Waals surface area contributed by atoms with Gasteiger partial charge in [0.15, 0.2) is 0 Å². The SMILES string of the molecule is O=C(O)c1ccccc1NN=C1c2ccccc2-c2ccccc21. The highest BCUT2D eigenvalue weighted by Crippen LogP contribution is 2.36. The number of carboxylic acids is 1. The average molecular weight is 314 g/mol. The van der Waals surface area contributed by atoms with Crippen molar-refractivity contribution < 1.29 is 9.90 Å². The van der Waals surface area contributed by atoms with Crippen molar-refractivity contribution in [2.75, 3.05) is 5.43 Å². The average Bonchev–Trinajstić information content (AvgIpc) is 2.94. The van der Waals surface area contributed by atoms with E-state index in [9.17, 15) is 9.90 Å². The monoisotopic (exact) mass is 314 g/mol. The second-order valence-electron chi connectivity index (χ2n) is 5.51. The van der Waals surface area contributed by atoms with Crippen LogP contribution in [0, 0.1) is 0 Å². The molecule has 0 spiro atoms. The van der Waals surface area contributed by atoms with Crippen LogP contribution in [0.3, 0.4) is 0 Å². The van der Waals surface area contributed by atoms with Crippen LogP contribution >= 0.6 is 0 Å². The second kappa shape index (κ2) is 5.66. The molecule has 2 N–H and O–H groups in total. The molecule has 0 atom stereocenters. The number of carboxylic acid groups (broad SMARTS) is 1. The smallest absolute Gasteiger partial charge is 0.337 e. The molecule has 4 nitrogen and oxygen atoms in total. The van der Waals surface area contributed by atoms with Crippen molar-refractivity contribution in [1.29, 1.82) is 0 Å². The molecule has 4 heteroatoms. The van der Waals surface area contributed by atoms with Crippen molar-refractivity contribution >= 4 is 17.4 Å². The Hall–Kier alpha value is -3.40. The number of fused-ring (bicyclic) bond motifs is 3. The molecule has 1 aliphatic rings. The third-order valence-corrected chi connectivity index (χ3v) is 4.10. The van der Waals surface area contributed by atoms with Gasteiger partial charge in [0.05, 0.1) is 17.0 Å². The molecule has 0 aliphatic heterocycles. The van der Waals surface area contributed by atoms with Gasteiger partial charge in [-0.1, -0.05) is 60.7 Å². The Morgan fingerprint density at radius 2 is 1.25 bits per heavy atom. The van der Waals surface area contributed by atoms with Crippen LogP contribution < -0.4 is 5.43 Å². The molecular weight excluding hydrogens is 300 g/mol.